The second-order valence-electron chi connectivity index (χ2n) is 6.07. The maximum atomic E-state index is 12.9. The monoisotopic (exact) mass is 345 g/mol. The molecule has 3 unspecified atom stereocenters. The minimum absolute atomic E-state index is 0.0900. The molecule has 0 amide bonds. The Balaban J connectivity index is 1.86. The quantitative estimate of drug-likeness (QED) is 0.897. The molecule has 2 aliphatic heterocycles. The van der Waals surface area contributed by atoms with Crippen LogP contribution in [0.15, 0.2) is 10.4 Å². The fraction of sp³-hybridized carbons (Fsp3) is 0.786. The van der Waals surface area contributed by atoms with Crippen molar-refractivity contribution in [2.24, 2.45) is 5.73 Å². The molecule has 0 spiro atoms. The topological polar surface area (TPSA) is 85.5 Å². The van der Waals surface area contributed by atoms with E-state index in [2.05, 4.69) is 4.98 Å². The Hall–Kier alpha value is -0.540. The molecule has 0 aromatic carbocycles. The Labute approximate surface area is 135 Å². The first-order valence-corrected chi connectivity index (χ1v) is 10.1. The van der Waals surface area contributed by atoms with Crippen molar-refractivity contribution in [3.05, 3.63) is 11.2 Å². The van der Waals surface area contributed by atoms with E-state index in [9.17, 15) is 8.42 Å². The average molecular weight is 345 g/mol. The molecule has 124 valence electrons. The predicted octanol–water partition coefficient (Wildman–Crippen LogP) is 1.50. The zero-order valence-electron chi connectivity index (χ0n) is 12.8. The van der Waals surface area contributed by atoms with Crippen LogP contribution in [0.25, 0.3) is 0 Å². The van der Waals surface area contributed by atoms with Gasteiger partial charge in [-0.2, -0.15) is 4.31 Å². The predicted molar refractivity (Wildman–Crippen MR) is 85.3 cm³/mol. The number of ether oxygens (including phenoxy) is 1. The number of aromatic nitrogens is 1. The van der Waals surface area contributed by atoms with E-state index in [4.69, 9.17) is 10.5 Å². The van der Waals surface area contributed by atoms with Gasteiger partial charge >= 0.3 is 0 Å². The fourth-order valence-corrected chi connectivity index (χ4v) is 6.26. The molecule has 1 aromatic heterocycles. The van der Waals surface area contributed by atoms with Crippen molar-refractivity contribution in [2.75, 3.05) is 13.2 Å². The number of nitrogens with two attached hydrogens (primary N) is 1. The molecule has 6 nitrogen and oxygen atoms in total. The number of thiazole rings is 1. The van der Waals surface area contributed by atoms with E-state index in [-0.39, 0.29) is 18.2 Å². The smallest absolute Gasteiger partial charge is 0.254 e. The number of aryl methyl sites for hydroxylation is 1. The highest BCUT2D eigenvalue weighted by Crippen LogP contribution is 2.32. The van der Waals surface area contributed by atoms with E-state index in [1.54, 1.807) is 4.31 Å². The van der Waals surface area contributed by atoms with E-state index in [0.29, 0.717) is 17.4 Å². The highest BCUT2D eigenvalue weighted by molar-refractivity contribution is 7.91. The lowest BCUT2D eigenvalue weighted by Gasteiger charge is -2.41. The van der Waals surface area contributed by atoms with Crippen molar-refractivity contribution in [3.8, 4) is 0 Å². The van der Waals surface area contributed by atoms with Crippen molar-refractivity contribution in [2.45, 2.75) is 61.4 Å². The number of hydrogen-bond donors (Lipinski definition) is 1. The summed E-state index contributed by atoms with van der Waals surface area (Å²) in [5.41, 5.74) is 6.04. The first kappa shape index (κ1) is 16.3. The molecule has 2 N–H and O–H groups in total. The molecule has 0 aliphatic carbocycles. The van der Waals surface area contributed by atoms with Gasteiger partial charge in [-0.1, -0.05) is 6.42 Å². The normalized spacial score (nSPS) is 31.3. The van der Waals surface area contributed by atoms with Crippen LogP contribution in [0.1, 0.15) is 37.1 Å². The van der Waals surface area contributed by atoms with Gasteiger partial charge in [-0.05, 0) is 32.6 Å². The standard InChI is InChI=1S/C14H23N3O3S2/c1-10-16-9-14(21-10)22(18,19)17-6-3-2-4-12(17)13-8-11(15)5-7-20-13/h9,11-13H,2-8,15H2,1H3. The van der Waals surface area contributed by atoms with Crippen LogP contribution >= 0.6 is 11.3 Å². The molecule has 0 bridgehead atoms. The third kappa shape index (κ3) is 3.21. The molecule has 2 fully saturated rings. The third-order valence-electron chi connectivity index (χ3n) is 4.45. The molecule has 2 saturated heterocycles. The van der Waals surface area contributed by atoms with Gasteiger partial charge in [-0.15, -0.1) is 11.3 Å². The van der Waals surface area contributed by atoms with Crippen LogP contribution in [0.5, 0.6) is 0 Å². The van der Waals surface area contributed by atoms with Gasteiger partial charge in [0.2, 0.25) is 0 Å². The summed E-state index contributed by atoms with van der Waals surface area (Å²) < 4.78 is 33.7. The summed E-state index contributed by atoms with van der Waals surface area (Å²) in [4.78, 5) is 4.09. The lowest BCUT2D eigenvalue weighted by Crippen LogP contribution is -2.53. The second-order valence-corrected chi connectivity index (χ2v) is 9.42. The van der Waals surface area contributed by atoms with Gasteiger partial charge in [0.1, 0.15) is 0 Å². The number of rotatable bonds is 3. The highest BCUT2D eigenvalue weighted by Gasteiger charge is 2.40. The lowest BCUT2D eigenvalue weighted by molar-refractivity contribution is -0.0386. The van der Waals surface area contributed by atoms with E-state index >= 15 is 0 Å². The van der Waals surface area contributed by atoms with E-state index in [1.807, 2.05) is 6.92 Å². The molecule has 3 rings (SSSR count). The molecule has 3 heterocycles. The number of piperidine rings is 1. The largest absolute Gasteiger partial charge is 0.376 e. The minimum atomic E-state index is -3.49. The van der Waals surface area contributed by atoms with Crippen molar-refractivity contribution in [1.82, 2.24) is 9.29 Å². The first-order chi connectivity index (χ1) is 10.5. The molecule has 22 heavy (non-hydrogen) atoms. The van der Waals surface area contributed by atoms with Crippen LogP contribution in [0.3, 0.4) is 0 Å². The van der Waals surface area contributed by atoms with Gasteiger partial charge in [0.15, 0.2) is 4.21 Å². The molecule has 3 atom stereocenters. The summed E-state index contributed by atoms with van der Waals surface area (Å²) in [5, 5.41) is 0.767. The summed E-state index contributed by atoms with van der Waals surface area (Å²) in [6.45, 7) is 3.00. The lowest BCUT2D eigenvalue weighted by atomic mass is 9.93. The van der Waals surface area contributed by atoms with Gasteiger partial charge < -0.3 is 10.5 Å². The summed E-state index contributed by atoms with van der Waals surface area (Å²) in [6, 6.07) is 0.00313. The third-order valence-corrected chi connectivity index (χ3v) is 7.72. The summed E-state index contributed by atoms with van der Waals surface area (Å²) in [7, 11) is -3.49. The molecule has 1 aromatic rings. The van der Waals surface area contributed by atoms with Crippen molar-refractivity contribution >= 4 is 21.4 Å². The molecule has 0 radical (unpaired) electrons. The molecule has 8 heteroatoms. The van der Waals surface area contributed by atoms with Crippen LogP contribution in [0.2, 0.25) is 0 Å². The van der Waals surface area contributed by atoms with Crippen molar-refractivity contribution in [1.29, 1.82) is 0 Å². The van der Waals surface area contributed by atoms with Gasteiger partial charge in [-0.25, -0.2) is 13.4 Å². The van der Waals surface area contributed by atoms with Crippen molar-refractivity contribution in [3.63, 3.8) is 0 Å². The van der Waals surface area contributed by atoms with E-state index in [1.165, 1.54) is 17.5 Å². The Kier molecular flexibility index (Phi) is 4.84. The average Bonchev–Trinajstić information content (AvgIpc) is 2.95. The fourth-order valence-electron chi connectivity index (χ4n) is 3.30. The minimum Gasteiger partial charge on any atom is -0.376 e. The molecular formula is C14H23N3O3S2. The number of hydrogen-bond acceptors (Lipinski definition) is 6. The van der Waals surface area contributed by atoms with Crippen LogP contribution in [-0.4, -0.2) is 49.0 Å². The summed E-state index contributed by atoms with van der Waals surface area (Å²) in [6.07, 6.45) is 5.73. The zero-order chi connectivity index (χ0) is 15.7. The van der Waals surface area contributed by atoms with Crippen LogP contribution in [-0.2, 0) is 14.8 Å². The molecule has 0 saturated carbocycles. The van der Waals surface area contributed by atoms with Crippen LogP contribution < -0.4 is 5.73 Å². The maximum Gasteiger partial charge on any atom is 0.254 e. The Bertz CT molecular complexity index is 617. The zero-order valence-corrected chi connectivity index (χ0v) is 14.4. The Morgan fingerprint density at radius 3 is 2.91 bits per heavy atom. The van der Waals surface area contributed by atoms with Crippen LogP contribution in [0.4, 0.5) is 0 Å². The molecule has 2 aliphatic rings. The number of sulfonamides is 1. The summed E-state index contributed by atoms with van der Waals surface area (Å²) >= 11 is 1.23. The highest BCUT2D eigenvalue weighted by atomic mass is 32.2. The van der Waals surface area contributed by atoms with Gasteiger partial charge in [0.25, 0.3) is 10.0 Å². The molecular weight excluding hydrogens is 322 g/mol. The Morgan fingerprint density at radius 1 is 1.41 bits per heavy atom. The van der Waals surface area contributed by atoms with Gasteiger partial charge in [0, 0.05) is 19.2 Å². The second kappa shape index (κ2) is 6.52. The van der Waals surface area contributed by atoms with Gasteiger partial charge in [-0.3, -0.25) is 0 Å². The van der Waals surface area contributed by atoms with Crippen molar-refractivity contribution < 1.29 is 13.2 Å². The maximum absolute atomic E-state index is 12.9. The van der Waals surface area contributed by atoms with E-state index in [0.717, 1.165) is 37.1 Å². The SMILES string of the molecule is Cc1ncc(S(=O)(=O)N2CCCCC2C2CC(N)CCO2)s1. The number of nitrogens with zero attached hydrogens (tertiary/aromatic N) is 2. The van der Waals surface area contributed by atoms with Gasteiger partial charge in [0.05, 0.1) is 23.4 Å². The van der Waals surface area contributed by atoms with E-state index < -0.39 is 10.0 Å². The first-order valence-electron chi connectivity index (χ1n) is 7.80. The summed E-state index contributed by atoms with van der Waals surface area (Å²) in [5.74, 6) is 0. The Morgan fingerprint density at radius 2 is 2.23 bits per heavy atom. The van der Waals surface area contributed by atoms with Crippen LogP contribution in [0, 0.1) is 6.92 Å².